The van der Waals surface area contributed by atoms with Crippen molar-refractivity contribution in [3.63, 3.8) is 0 Å². The van der Waals surface area contributed by atoms with Crippen molar-refractivity contribution in [2.45, 2.75) is 46.2 Å². The van der Waals surface area contributed by atoms with Crippen molar-refractivity contribution in [2.24, 2.45) is 0 Å². The van der Waals surface area contributed by atoms with Crippen LogP contribution in [0, 0.1) is 6.92 Å². The largest absolute Gasteiger partial charge is 0.497 e. The molecule has 0 fully saturated rings. The molecule has 0 aliphatic heterocycles. The number of rotatable bonds is 12. The highest BCUT2D eigenvalue weighted by molar-refractivity contribution is 7.92. The van der Waals surface area contributed by atoms with Crippen LogP contribution >= 0.6 is 11.6 Å². The molecular weight excluding hydrogens is 490 g/mol. The number of carbonyl (C=O) groups is 2. The molecule has 0 aliphatic rings. The zero-order valence-corrected chi connectivity index (χ0v) is 22.4. The molecule has 1 unspecified atom stereocenters. The molecule has 2 aromatic carbocycles. The summed E-state index contributed by atoms with van der Waals surface area (Å²) in [5.41, 5.74) is 1.98. The molecule has 8 nitrogen and oxygen atoms in total. The Bertz CT molecular complexity index is 1120. The fraction of sp³-hybridized carbons (Fsp3) is 0.440. The Kier molecular flexibility index (Phi) is 10.4. The molecule has 1 atom stereocenters. The molecule has 0 spiro atoms. The minimum absolute atomic E-state index is 0.0749. The smallest absolute Gasteiger partial charge is 0.242 e. The maximum Gasteiger partial charge on any atom is 0.242 e. The van der Waals surface area contributed by atoms with Crippen LogP contribution in [0.15, 0.2) is 42.5 Å². The zero-order chi connectivity index (χ0) is 26.2. The standard InChI is InChI=1S/C25H34ClN3O5S/c1-6-27-25(31)19(3)28(17-20-12-14-21(34-4)15-13-20)24(30)11-8-16-29(35(5,32)33)23-10-7-9-22(26)18(23)2/h7,9-10,12-15,19H,6,8,11,16-17H2,1-5H3,(H,27,31). The molecule has 2 rings (SSSR count). The highest BCUT2D eigenvalue weighted by Crippen LogP contribution is 2.28. The number of nitrogens with one attached hydrogen (secondary N) is 1. The summed E-state index contributed by atoms with van der Waals surface area (Å²) in [5.74, 6) is 0.207. The van der Waals surface area contributed by atoms with Crippen molar-refractivity contribution in [3.05, 3.63) is 58.6 Å². The first kappa shape index (κ1) is 28.5. The van der Waals surface area contributed by atoms with Crippen LogP contribution < -0.4 is 14.4 Å². The van der Waals surface area contributed by atoms with Gasteiger partial charge in [-0.1, -0.05) is 29.8 Å². The van der Waals surface area contributed by atoms with Crippen molar-refractivity contribution >= 4 is 39.1 Å². The van der Waals surface area contributed by atoms with Gasteiger partial charge in [0.1, 0.15) is 11.8 Å². The van der Waals surface area contributed by atoms with E-state index in [1.807, 2.05) is 19.1 Å². The molecular formula is C25H34ClN3O5S. The number of hydrogen-bond donors (Lipinski definition) is 1. The Morgan fingerprint density at radius 1 is 1.14 bits per heavy atom. The highest BCUT2D eigenvalue weighted by Gasteiger charge is 2.26. The van der Waals surface area contributed by atoms with E-state index < -0.39 is 16.1 Å². The van der Waals surface area contributed by atoms with E-state index in [1.54, 1.807) is 51.3 Å². The van der Waals surface area contributed by atoms with Crippen LogP contribution in [0.1, 0.15) is 37.8 Å². The third-order valence-corrected chi connectivity index (χ3v) is 7.28. The lowest BCUT2D eigenvalue weighted by Gasteiger charge is -2.29. The van der Waals surface area contributed by atoms with Crippen molar-refractivity contribution in [3.8, 4) is 5.75 Å². The van der Waals surface area contributed by atoms with Crippen molar-refractivity contribution < 1.29 is 22.7 Å². The molecule has 35 heavy (non-hydrogen) atoms. The second-order valence-electron chi connectivity index (χ2n) is 8.26. The summed E-state index contributed by atoms with van der Waals surface area (Å²) in [6.07, 6.45) is 1.48. The number of methoxy groups -OCH3 is 1. The summed E-state index contributed by atoms with van der Waals surface area (Å²) >= 11 is 6.19. The molecule has 1 N–H and O–H groups in total. The minimum Gasteiger partial charge on any atom is -0.497 e. The number of nitrogens with zero attached hydrogens (tertiary/aromatic N) is 2. The molecule has 192 valence electrons. The number of anilines is 1. The van der Waals surface area contributed by atoms with Gasteiger partial charge in [0.25, 0.3) is 0 Å². The summed E-state index contributed by atoms with van der Waals surface area (Å²) in [4.78, 5) is 27.3. The van der Waals surface area contributed by atoms with Crippen LogP contribution in [0.4, 0.5) is 5.69 Å². The number of carbonyl (C=O) groups excluding carboxylic acids is 2. The summed E-state index contributed by atoms with van der Waals surface area (Å²) < 4.78 is 31.4. The third kappa shape index (κ3) is 7.86. The van der Waals surface area contributed by atoms with E-state index in [4.69, 9.17) is 16.3 Å². The topological polar surface area (TPSA) is 96.0 Å². The number of likely N-dealkylation sites (N-methyl/N-ethyl adjacent to an activating group) is 1. The second-order valence-corrected chi connectivity index (χ2v) is 10.6. The minimum atomic E-state index is -3.59. The summed E-state index contributed by atoms with van der Waals surface area (Å²) in [7, 11) is -2.02. The normalized spacial score (nSPS) is 12.1. The van der Waals surface area contributed by atoms with E-state index in [1.165, 1.54) is 9.21 Å². The predicted molar refractivity (Wildman–Crippen MR) is 139 cm³/mol. The SMILES string of the molecule is CCNC(=O)C(C)N(Cc1ccc(OC)cc1)C(=O)CCCN(c1cccc(Cl)c1C)S(C)(=O)=O. The van der Waals surface area contributed by atoms with E-state index >= 15 is 0 Å². The maximum atomic E-state index is 13.2. The lowest BCUT2D eigenvalue weighted by molar-refractivity contribution is -0.140. The average Bonchev–Trinajstić information content (AvgIpc) is 2.81. The molecule has 10 heteroatoms. The number of halogens is 1. The number of ether oxygens (including phenoxy) is 1. The lowest BCUT2D eigenvalue weighted by atomic mass is 10.1. The Morgan fingerprint density at radius 2 is 1.80 bits per heavy atom. The second kappa shape index (κ2) is 12.8. The van der Waals surface area contributed by atoms with Gasteiger partial charge in [-0.05, 0) is 62.6 Å². The van der Waals surface area contributed by atoms with E-state index in [9.17, 15) is 18.0 Å². The van der Waals surface area contributed by atoms with Gasteiger partial charge in [0.05, 0.1) is 19.1 Å². The number of sulfonamides is 1. The van der Waals surface area contributed by atoms with E-state index in [-0.39, 0.29) is 37.7 Å². The first-order valence-corrected chi connectivity index (χ1v) is 13.6. The van der Waals surface area contributed by atoms with Gasteiger partial charge in [0.2, 0.25) is 21.8 Å². The average molecular weight is 524 g/mol. The van der Waals surface area contributed by atoms with Crippen LogP contribution in [-0.4, -0.2) is 57.6 Å². The van der Waals surface area contributed by atoms with Gasteiger partial charge in [0.15, 0.2) is 0 Å². The highest BCUT2D eigenvalue weighted by atomic mass is 35.5. The zero-order valence-electron chi connectivity index (χ0n) is 20.9. The molecule has 0 saturated heterocycles. The van der Waals surface area contributed by atoms with Crippen LogP contribution in [-0.2, 0) is 26.2 Å². The van der Waals surface area contributed by atoms with Crippen LogP contribution in [0.3, 0.4) is 0 Å². The number of hydrogen-bond acceptors (Lipinski definition) is 5. The molecule has 0 bridgehead atoms. The fourth-order valence-electron chi connectivity index (χ4n) is 3.68. The number of benzene rings is 2. The summed E-state index contributed by atoms with van der Waals surface area (Å²) in [6.45, 7) is 6.06. The molecule has 0 heterocycles. The number of amides is 2. The van der Waals surface area contributed by atoms with Gasteiger partial charge in [-0.2, -0.15) is 0 Å². The van der Waals surface area contributed by atoms with Gasteiger partial charge in [-0.25, -0.2) is 8.42 Å². The summed E-state index contributed by atoms with van der Waals surface area (Å²) in [6, 6.07) is 11.7. The lowest BCUT2D eigenvalue weighted by Crippen LogP contribution is -2.47. The van der Waals surface area contributed by atoms with E-state index in [2.05, 4.69) is 5.32 Å². The van der Waals surface area contributed by atoms with Gasteiger partial charge in [0, 0.05) is 31.1 Å². The Labute approximate surface area is 213 Å². The fourth-order valence-corrected chi connectivity index (χ4v) is 4.87. The monoisotopic (exact) mass is 523 g/mol. The van der Waals surface area contributed by atoms with Gasteiger partial charge >= 0.3 is 0 Å². The Hall–Kier alpha value is -2.78. The molecule has 0 aromatic heterocycles. The van der Waals surface area contributed by atoms with E-state index in [0.717, 1.165) is 11.8 Å². The molecule has 0 radical (unpaired) electrons. The molecule has 0 aliphatic carbocycles. The van der Waals surface area contributed by atoms with E-state index in [0.29, 0.717) is 28.6 Å². The van der Waals surface area contributed by atoms with Gasteiger partial charge < -0.3 is 15.0 Å². The molecule has 2 amide bonds. The van der Waals surface area contributed by atoms with Crippen molar-refractivity contribution in [1.29, 1.82) is 0 Å². The van der Waals surface area contributed by atoms with Crippen molar-refractivity contribution in [1.82, 2.24) is 10.2 Å². The first-order valence-electron chi connectivity index (χ1n) is 11.4. The quantitative estimate of drug-likeness (QED) is 0.457. The maximum absolute atomic E-state index is 13.2. The van der Waals surface area contributed by atoms with Gasteiger partial charge in [-0.15, -0.1) is 0 Å². The van der Waals surface area contributed by atoms with Gasteiger partial charge in [-0.3, -0.25) is 13.9 Å². The first-order chi connectivity index (χ1) is 16.5. The third-order valence-electron chi connectivity index (χ3n) is 5.69. The van der Waals surface area contributed by atoms with Crippen molar-refractivity contribution in [2.75, 3.05) is 30.8 Å². The molecule has 2 aromatic rings. The summed E-state index contributed by atoms with van der Waals surface area (Å²) in [5, 5.41) is 3.23. The van der Waals surface area contributed by atoms with Crippen LogP contribution in [0.25, 0.3) is 0 Å². The van der Waals surface area contributed by atoms with Crippen LogP contribution in [0.5, 0.6) is 5.75 Å². The van der Waals surface area contributed by atoms with Crippen LogP contribution in [0.2, 0.25) is 5.02 Å². The molecule has 0 saturated carbocycles. The Balaban J connectivity index is 2.19. The predicted octanol–water partition coefficient (Wildman–Crippen LogP) is 3.76. The Morgan fingerprint density at radius 3 is 2.37 bits per heavy atom.